The summed E-state index contributed by atoms with van der Waals surface area (Å²) in [6.45, 7) is 6.23. The summed E-state index contributed by atoms with van der Waals surface area (Å²) in [7, 11) is 1.59. The van der Waals surface area contributed by atoms with Crippen molar-refractivity contribution in [1.29, 1.82) is 0 Å². The molecule has 0 aromatic heterocycles. The first-order valence-electron chi connectivity index (χ1n) is 3.11. The van der Waals surface area contributed by atoms with E-state index < -0.39 is 0 Å². The molecule has 0 spiro atoms. The van der Waals surface area contributed by atoms with Crippen LogP contribution in [0.5, 0.6) is 0 Å². The highest BCUT2D eigenvalue weighted by Gasteiger charge is 1.97. The van der Waals surface area contributed by atoms with Crippen LogP contribution in [0.2, 0.25) is 0 Å². The highest BCUT2D eigenvalue weighted by Crippen LogP contribution is 1.83. The molecule has 3 heteroatoms. The van der Waals surface area contributed by atoms with Gasteiger partial charge in [0.1, 0.15) is 0 Å². The van der Waals surface area contributed by atoms with Crippen molar-refractivity contribution in [3.63, 3.8) is 0 Å². The molecule has 0 radical (unpaired) electrons. The lowest BCUT2D eigenvalue weighted by Crippen LogP contribution is -2.27. The Morgan fingerprint density at radius 1 is 1.70 bits per heavy atom. The molecule has 0 bridgehead atoms. The van der Waals surface area contributed by atoms with Crippen LogP contribution >= 0.6 is 0 Å². The minimum absolute atomic E-state index is 0.114. The lowest BCUT2D eigenvalue weighted by atomic mass is 10.3. The van der Waals surface area contributed by atoms with Crippen molar-refractivity contribution in [3.05, 3.63) is 12.2 Å². The third-order valence-electron chi connectivity index (χ3n) is 0.979. The smallest absolute Gasteiger partial charge is 0.246 e. The molecule has 0 heterocycles. The van der Waals surface area contributed by atoms with Gasteiger partial charge in [0.15, 0.2) is 0 Å². The summed E-state index contributed by atoms with van der Waals surface area (Å²) in [4.78, 5) is 10.8. The Morgan fingerprint density at radius 3 is 2.70 bits per heavy atom. The van der Waals surface area contributed by atoms with Gasteiger partial charge in [-0.25, -0.2) is 0 Å². The maximum atomic E-state index is 10.8. The van der Waals surface area contributed by atoms with E-state index in [9.17, 15) is 4.79 Å². The average molecular weight is 143 g/mol. The van der Waals surface area contributed by atoms with E-state index in [0.717, 1.165) is 0 Å². The lowest BCUT2D eigenvalue weighted by molar-refractivity contribution is -0.117. The minimum Gasteiger partial charge on any atom is -0.383 e. The van der Waals surface area contributed by atoms with Crippen molar-refractivity contribution < 1.29 is 9.53 Å². The number of carbonyl (C=O) groups excluding carboxylic acids is 1. The van der Waals surface area contributed by atoms with E-state index in [2.05, 4.69) is 11.9 Å². The Balaban J connectivity index is 3.31. The molecule has 1 amide bonds. The van der Waals surface area contributed by atoms with Crippen LogP contribution in [0, 0.1) is 0 Å². The summed E-state index contributed by atoms with van der Waals surface area (Å²) < 4.78 is 4.73. The topological polar surface area (TPSA) is 38.3 Å². The molecule has 0 atom stereocenters. The van der Waals surface area contributed by atoms with Gasteiger partial charge in [-0.1, -0.05) is 6.58 Å². The van der Waals surface area contributed by atoms with Crippen molar-refractivity contribution in [2.45, 2.75) is 6.92 Å². The van der Waals surface area contributed by atoms with Crippen LogP contribution in [-0.4, -0.2) is 26.2 Å². The molecule has 58 valence electrons. The van der Waals surface area contributed by atoms with Gasteiger partial charge in [-0.2, -0.15) is 0 Å². The van der Waals surface area contributed by atoms with Crippen molar-refractivity contribution in [2.24, 2.45) is 0 Å². The van der Waals surface area contributed by atoms with Gasteiger partial charge in [0.25, 0.3) is 0 Å². The molecule has 0 saturated heterocycles. The van der Waals surface area contributed by atoms with Crippen LogP contribution < -0.4 is 5.32 Å². The summed E-state index contributed by atoms with van der Waals surface area (Å²) in [5.41, 5.74) is 0.524. The number of ether oxygens (including phenoxy) is 1. The second kappa shape index (κ2) is 4.99. The Hall–Kier alpha value is -0.830. The quantitative estimate of drug-likeness (QED) is 0.455. The van der Waals surface area contributed by atoms with Gasteiger partial charge in [0, 0.05) is 19.2 Å². The fraction of sp³-hybridized carbons (Fsp3) is 0.571. The van der Waals surface area contributed by atoms with E-state index in [0.29, 0.717) is 18.7 Å². The van der Waals surface area contributed by atoms with Crippen LogP contribution in [0.25, 0.3) is 0 Å². The normalized spacial score (nSPS) is 9.00. The highest BCUT2D eigenvalue weighted by atomic mass is 16.5. The largest absolute Gasteiger partial charge is 0.383 e. The summed E-state index contributed by atoms with van der Waals surface area (Å²) in [6, 6.07) is 0. The second-order valence-electron chi connectivity index (χ2n) is 2.03. The molecule has 3 nitrogen and oxygen atoms in total. The Kier molecular flexibility index (Phi) is 4.58. The summed E-state index contributed by atoms with van der Waals surface area (Å²) in [5, 5.41) is 2.62. The van der Waals surface area contributed by atoms with Crippen molar-refractivity contribution in [1.82, 2.24) is 5.32 Å². The zero-order valence-corrected chi connectivity index (χ0v) is 6.44. The van der Waals surface area contributed by atoms with Crippen LogP contribution in [0.4, 0.5) is 0 Å². The fourth-order valence-electron chi connectivity index (χ4n) is 0.418. The fourth-order valence-corrected chi connectivity index (χ4v) is 0.418. The number of amides is 1. The monoisotopic (exact) mass is 143 g/mol. The highest BCUT2D eigenvalue weighted by molar-refractivity contribution is 5.91. The number of methoxy groups -OCH3 is 1. The van der Waals surface area contributed by atoms with E-state index in [1.165, 1.54) is 0 Å². The lowest BCUT2D eigenvalue weighted by Gasteiger charge is -2.01. The summed E-state index contributed by atoms with van der Waals surface area (Å²) in [6.07, 6.45) is 0. The molecule has 0 fully saturated rings. The zero-order valence-electron chi connectivity index (χ0n) is 6.44. The minimum atomic E-state index is -0.114. The molecule has 0 aromatic rings. The predicted molar refractivity (Wildman–Crippen MR) is 39.7 cm³/mol. The molecule has 0 unspecified atom stereocenters. The number of nitrogens with one attached hydrogen (secondary N) is 1. The van der Waals surface area contributed by atoms with Crippen molar-refractivity contribution in [3.8, 4) is 0 Å². The van der Waals surface area contributed by atoms with Crippen LogP contribution in [0.1, 0.15) is 6.92 Å². The van der Waals surface area contributed by atoms with Crippen LogP contribution in [0.3, 0.4) is 0 Å². The van der Waals surface area contributed by atoms with Crippen LogP contribution in [-0.2, 0) is 9.53 Å². The maximum Gasteiger partial charge on any atom is 0.246 e. The molecule has 0 saturated carbocycles. The zero-order chi connectivity index (χ0) is 7.98. The molecular formula is C7H13NO2. The summed E-state index contributed by atoms with van der Waals surface area (Å²) >= 11 is 0. The van der Waals surface area contributed by atoms with Gasteiger partial charge in [-0.05, 0) is 6.92 Å². The van der Waals surface area contributed by atoms with Gasteiger partial charge < -0.3 is 10.1 Å². The number of hydrogen-bond donors (Lipinski definition) is 1. The molecule has 0 aromatic carbocycles. The molecule has 0 aliphatic carbocycles. The second-order valence-corrected chi connectivity index (χ2v) is 2.03. The number of carbonyl (C=O) groups is 1. The Morgan fingerprint density at radius 2 is 2.30 bits per heavy atom. The van der Waals surface area contributed by atoms with Gasteiger partial charge in [-0.15, -0.1) is 0 Å². The first-order chi connectivity index (χ1) is 4.68. The molecule has 0 aliphatic rings. The predicted octanol–water partition coefficient (Wildman–Crippen LogP) is 0.325. The molecular weight excluding hydrogens is 130 g/mol. The van der Waals surface area contributed by atoms with E-state index in [-0.39, 0.29) is 5.91 Å². The van der Waals surface area contributed by atoms with Gasteiger partial charge in [0.2, 0.25) is 5.91 Å². The third kappa shape index (κ3) is 4.09. The average Bonchev–Trinajstić information content (AvgIpc) is 1.88. The first kappa shape index (κ1) is 9.17. The SMILES string of the molecule is C=C(C)C(=O)NCCOC. The molecule has 0 rings (SSSR count). The third-order valence-corrected chi connectivity index (χ3v) is 0.979. The van der Waals surface area contributed by atoms with E-state index in [4.69, 9.17) is 4.74 Å². The standard InChI is InChI=1S/C7H13NO2/c1-6(2)7(9)8-4-5-10-3/h1,4-5H2,2-3H3,(H,8,9). The van der Waals surface area contributed by atoms with Gasteiger partial charge >= 0.3 is 0 Å². The molecule has 1 N–H and O–H groups in total. The van der Waals surface area contributed by atoms with Gasteiger partial charge in [-0.3, -0.25) is 4.79 Å². The van der Waals surface area contributed by atoms with Crippen LogP contribution in [0.15, 0.2) is 12.2 Å². The number of hydrogen-bond acceptors (Lipinski definition) is 2. The Bertz CT molecular complexity index is 132. The Labute approximate surface area is 61.1 Å². The summed E-state index contributed by atoms with van der Waals surface area (Å²) in [5.74, 6) is -0.114. The van der Waals surface area contributed by atoms with Gasteiger partial charge in [0.05, 0.1) is 6.61 Å². The first-order valence-corrected chi connectivity index (χ1v) is 3.11. The number of rotatable bonds is 4. The molecule has 10 heavy (non-hydrogen) atoms. The van der Waals surface area contributed by atoms with E-state index >= 15 is 0 Å². The van der Waals surface area contributed by atoms with Crippen molar-refractivity contribution in [2.75, 3.05) is 20.3 Å². The van der Waals surface area contributed by atoms with Crippen molar-refractivity contribution >= 4 is 5.91 Å². The maximum absolute atomic E-state index is 10.8. The van der Waals surface area contributed by atoms with E-state index in [1.54, 1.807) is 14.0 Å². The molecule has 0 aliphatic heterocycles. The van der Waals surface area contributed by atoms with E-state index in [1.807, 2.05) is 0 Å².